The molecule has 2 unspecified atom stereocenters. The number of rotatable bonds is 3. The first-order valence-electron chi connectivity index (χ1n) is 6.73. The molecular weight excluding hydrogens is 274 g/mol. The van der Waals surface area contributed by atoms with Crippen LogP contribution < -0.4 is 5.32 Å². The summed E-state index contributed by atoms with van der Waals surface area (Å²) < 4.78 is 5.12. The van der Waals surface area contributed by atoms with Gasteiger partial charge in [-0.25, -0.2) is 4.79 Å². The number of ether oxygens (including phenoxy) is 1. The fraction of sp³-hybridized carbons (Fsp3) is 0.467. The minimum Gasteiger partial charge on any atom is -0.506 e. The van der Waals surface area contributed by atoms with Gasteiger partial charge in [-0.2, -0.15) is 0 Å². The van der Waals surface area contributed by atoms with E-state index in [0.29, 0.717) is 6.42 Å². The van der Waals surface area contributed by atoms with Crippen molar-refractivity contribution < 1.29 is 24.5 Å². The summed E-state index contributed by atoms with van der Waals surface area (Å²) in [5, 5.41) is 21.2. The number of aliphatic carboxylic acids is 1. The first kappa shape index (κ1) is 15.2. The average Bonchev–Trinajstić information content (AvgIpc) is 3.09. The summed E-state index contributed by atoms with van der Waals surface area (Å²) in [7, 11) is 0. The van der Waals surface area contributed by atoms with Gasteiger partial charge in [-0.05, 0) is 50.8 Å². The lowest BCUT2D eigenvalue weighted by molar-refractivity contribution is -0.138. The van der Waals surface area contributed by atoms with Gasteiger partial charge in [0.15, 0.2) is 0 Å². The molecule has 21 heavy (non-hydrogen) atoms. The van der Waals surface area contributed by atoms with Crippen molar-refractivity contribution in [3.8, 4) is 5.75 Å². The van der Waals surface area contributed by atoms with Gasteiger partial charge in [0.25, 0.3) is 0 Å². The number of phenols is 1. The summed E-state index contributed by atoms with van der Waals surface area (Å²) in [5.74, 6) is -1.36. The predicted molar refractivity (Wildman–Crippen MR) is 76.4 cm³/mol. The van der Waals surface area contributed by atoms with E-state index in [9.17, 15) is 14.7 Å². The first-order valence-corrected chi connectivity index (χ1v) is 6.73. The molecule has 0 spiro atoms. The summed E-state index contributed by atoms with van der Waals surface area (Å²) >= 11 is 0. The van der Waals surface area contributed by atoms with Crippen LogP contribution in [0.4, 0.5) is 10.5 Å². The van der Waals surface area contributed by atoms with Crippen molar-refractivity contribution >= 4 is 17.7 Å². The average molecular weight is 293 g/mol. The minimum absolute atomic E-state index is 0.0673. The Hall–Kier alpha value is -2.24. The number of nitrogens with one attached hydrogen (secondary N) is 1. The van der Waals surface area contributed by atoms with Gasteiger partial charge in [0, 0.05) is 0 Å². The Morgan fingerprint density at radius 1 is 1.33 bits per heavy atom. The lowest BCUT2D eigenvalue weighted by atomic mass is 10.1. The molecule has 1 fully saturated rings. The molecule has 0 saturated heterocycles. The molecule has 3 N–H and O–H groups in total. The molecule has 0 radical (unpaired) electrons. The standard InChI is InChI=1S/C15H19NO5/c1-15(2,3)21-14(20)16-11-6-8(4-5-12(11)17)9-7-10(9)13(18)19/h4-6,9-10,17H,7H2,1-3H3,(H,16,20)(H,18,19). The molecular formula is C15H19NO5. The van der Waals surface area contributed by atoms with Crippen LogP contribution in [0.25, 0.3) is 0 Å². The Labute approximate surface area is 122 Å². The van der Waals surface area contributed by atoms with Crippen LogP contribution in [0.15, 0.2) is 18.2 Å². The number of benzene rings is 1. The second-order valence-corrected chi connectivity index (χ2v) is 6.19. The number of hydrogen-bond acceptors (Lipinski definition) is 4. The van der Waals surface area contributed by atoms with Crippen molar-refractivity contribution in [2.24, 2.45) is 5.92 Å². The van der Waals surface area contributed by atoms with Crippen LogP contribution in [0.1, 0.15) is 38.7 Å². The maximum absolute atomic E-state index is 11.7. The highest BCUT2D eigenvalue weighted by Gasteiger charge is 2.44. The van der Waals surface area contributed by atoms with Crippen molar-refractivity contribution in [1.82, 2.24) is 0 Å². The number of anilines is 1. The van der Waals surface area contributed by atoms with Crippen LogP contribution in [0, 0.1) is 5.92 Å². The minimum atomic E-state index is -0.824. The number of aromatic hydroxyl groups is 1. The molecule has 1 aromatic carbocycles. The number of carbonyl (C=O) groups excluding carboxylic acids is 1. The first-order chi connectivity index (χ1) is 9.67. The lowest BCUT2D eigenvalue weighted by Gasteiger charge is -2.20. The van der Waals surface area contributed by atoms with Crippen LogP contribution in [0.5, 0.6) is 5.75 Å². The third-order valence-corrected chi connectivity index (χ3v) is 3.19. The Balaban J connectivity index is 2.10. The summed E-state index contributed by atoms with van der Waals surface area (Å²) in [5.41, 5.74) is 0.367. The zero-order valence-electron chi connectivity index (χ0n) is 12.2. The Morgan fingerprint density at radius 3 is 2.52 bits per heavy atom. The van der Waals surface area contributed by atoms with E-state index in [1.807, 2.05) is 0 Å². The topological polar surface area (TPSA) is 95.9 Å². The van der Waals surface area contributed by atoms with Crippen molar-refractivity contribution in [3.63, 3.8) is 0 Å². The van der Waals surface area contributed by atoms with Gasteiger partial charge in [0.2, 0.25) is 0 Å². The van der Waals surface area contributed by atoms with E-state index in [0.717, 1.165) is 5.56 Å². The van der Waals surface area contributed by atoms with Gasteiger partial charge in [-0.15, -0.1) is 0 Å². The van der Waals surface area contributed by atoms with Crippen LogP contribution >= 0.6 is 0 Å². The molecule has 1 amide bonds. The van der Waals surface area contributed by atoms with E-state index in [-0.39, 0.29) is 23.3 Å². The smallest absolute Gasteiger partial charge is 0.412 e. The third kappa shape index (κ3) is 3.87. The van der Waals surface area contributed by atoms with Gasteiger partial charge in [0.05, 0.1) is 11.6 Å². The molecule has 0 aliphatic heterocycles. The van der Waals surface area contributed by atoms with Crippen LogP contribution in [0.3, 0.4) is 0 Å². The maximum atomic E-state index is 11.7. The Morgan fingerprint density at radius 2 is 2.00 bits per heavy atom. The van der Waals surface area contributed by atoms with E-state index < -0.39 is 17.7 Å². The Bertz CT molecular complexity index is 576. The van der Waals surface area contributed by atoms with E-state index >= 15 is 0 Å². The van der Waals surface area contributed by atoms with Crippen molar-refractivity contribution in [1.29, 1.82) is 0 Å². The number of phenolic OH excluding ortho intramolecular Hbond substituents is 1. The monoisotopic (exact) mass is 293 g/mol. The molecule has 0 heterocycles. The highest BCUT2D eigenvalue weighted by atomic mass is 16.6. The lowest BCUT2D eigenvalue weighted by Crippen LogP contribution is -2.27. The molecule has 6 heteroatoms. The highest BCUT2D eigenvalue weighted by molar-refractivity contribution is 5.87. The van der Waals surface area contributed by atoms with E-state index in [4.69, 9.17) is 9.84 Å². The van der Waals surface area contributed by atoms with Gasteiger partial charge in [0.1, 0.15) is 11.4 Å². The van der Waals surface area contributed by atoms with Gasteiger partial charge < -0.3 is 14.9 Å². The molecule has 114 valence electrons. The van der Waals surface area contributed by atoms with Crippen molar-refractivity contribution in [2.45, 2.75) is 38.7 Å². The maximum Gasteiger partial charge on any atom is 0.412 e. The Kier molecular flexibility index (Phi) is 3.80. The summed E-state index contributed by atoms with van der Waals surface area (Å²) in [6, 6.07) is 4.70. The largest absolute Gasteiger partial charge is 0.506 e. The molecule has 1 aromatic rings. The zero-order valence-corrected chi connectivity index (χ0v) is 12.2. The molecule has 1 aliphatic carbocycles. The zero-order chi connectivity index (χ0) is 15.8. The molecule has 6 nitrogen and oxygen atoms in total. The summed E-state index contributed by atoms with van der Waals surface area (Å²) in [4.78, 5) is 22.6. The van der Waals surface area contributed by atoms with E-state index in [1.165, 1.54) is 6.07 Å². The number of carboxylic acid groups (broad SMARTS) is 1. The molecule has 1 aliphatic rings. The fourth-order valence-electron chi connectivity index (χ4n) is 2.13. The van der Waals surface area contributed by atoms with E-state index in [2.05, 4.69) is 5.32 Å². The van der Waals surface area contributed by atoms with E-state index in [1.54, 1.807) is 32.9 Å². The molecule has 0 aromatic heterocycles. The second-order valence-electron chi connectivity index (χ2n) is 6.19. The number of amides is 1. The normalized spacial score (nSPS) is 20.7. The van der Waals surface area contributed by atoms with Crippen LogP contribution in [-0.4, -0.2) is 27.9 Å². The molecule has 2 atom stereocenters. The second kappa shape index (κ2) is 5.27. The number of hydrogen-bond donors (Lipinski definition) is 3. The predicted octanol–water partition coefficient (Wildman–Crippen LogP) is 2.93. The van der Waals surface area contributed by atoms with Crippen molar-refractivity contribution in [3.05, 3.63) is 23.8 Å². The SMILES string of the molecule is CC(C)(C)OC(=O)Nc1cc(C2CC2C(=O)O)ccc1O. The van der Waals surface area contributed by atoms with Crippen LogP contribution in [0.2, 0.25) is 0 Å². The summed E-state index contributed by atoms with van der Waals surface area (Å²) in [6.45, 7) is 5.22. The molecule has 0 bridgehead atoms. The van der Waals surface area contributed by atoms with Crippen molar-refractivity contribution in [2.75, 3.05) is 5.32 Å². The van der Waals surface area contributed by atoms with Gasteiger partial charge in [-0.1, -0.05) is 6.07 Å². The molecule has 1 saturated carbocycles. The van der Waals surface area contributed by atoms with Gasteiger partial charge >= 0.3 is 12.1 Å². The van der Waals surface area contributed by atoms with Gasteiger partial charge in [-0.3, -0.25) is 10.1 Å². The number of carbonyl (C=O) groups is 2. The summed E-state index contributed by atoms with van der Waals surface area (Å²) in [6.07, 6.45) is -0.0908. The quantitative estimate of drug-likeness (QED) is 0.745. The third-order valence-electron chi connectivity index (χ3n) is 3.19. The molecule has 2 rings (SSSR count). The van der Waals surface area contributed by atoms with Crippen LogP contribution in [-0.2, 0) is 9.53 Å². The number of carboxylic acids is 1. The fourth-order valence-corrected chi connectivity index (χ4v) is 2.13. The highest BCUT2D eigenvalue weighted by Crippen LogP contribution is 2.48.